The van der Waals surface area contributed by atoms with Crippen LogP contribution in [-0.4, -0.2) is 28.6 Å². The van der Waals surface area contributed by atoms with Gasteiger partial charge in [-0.25, -0.2) is 4.98 Å². The van der Waals surface area contributed by atoms with Crippen molar-refractivity contribution in [1.82, 2.24) is 9.55 Å². The molecule has 36 heavy (non-hydrogen) atoms. The Labute approximate surface area is 217 Å². The second-order valence-electron chi connectivity index (χ2n) is 9.77. The lowest BCUT2D eigenvalue weighted by Gasteiger charge is -2.17. The van der Waals surface area contributed by atoms with Crippen LogP contribution in [0.3, 0.4) is 0 Å². The lowest BCUT2D eigenvalue weighted by Crippen LogP contribution is -2.24. The van der Waals surface area contributed by atoms with E-state index in [0.29, 0.717) is 30.5 Å². The number of nitrogens with zero attached hydrogens (tertiary/aromatic N) is 3. The summed E-state index contributed by atoms with van der Waals surface area (Å²) in [6.45, 7) is 6.53. The van der Waals surface area contributed by atoms with Gasteiger partial charge in [0.05, 0.1) is 17.6 Å². The highest BCUT2D eigenvalue weighted by Crippen LogP contribution is 2.34. The van der Waals surface area contributed by atoms with Crippen LogP contribution in [0.5, 0.6) is 5.75 Å². The molecule has 5 nitrogen and oxygen atoms in total. The zero-order valence-corrected chi connectivity index (χ0v) is 21.6. The summed E-state index contributed by atoms with van der Waals surface area (Å²) in [7, 11) is 0. The highest BCUT2D eigenvalue weighted by atomic mass is 35.5. The van der Waals surface area contributed by atoms with Gasteiger partial charge in [-0.05, 0) is 72.9 Å². The first-order chi connectivity index (χ1) is 17.5. The molecule has 0 radical (unpaired) electrons. The topological polar surface area (TPSA) is 47.4 Å². The fraction of sp³-hybridized carbons (Fsp3) is 0.333. The molecule has 1 saturated heterocycles. The minimum absolute atomic E-state index is 0.0521. The zero-order valence-electron chi connectivity index (χ0n) is 20.9. The minimum Gasteiger partial charge on any atom is -0.494 e. The fourth-order valence-electron chi connectivity index (χ4n) is 4.90. The summed E-state index contributed by atoms with van der Waals surface area (Å²) in [5.41, 5.74) is 4.30. The van der Waals surface area contributed by atoms with E-state index in [1.165, 1.54) is 5.56 Å². The summed E-state index contributed by atoms with van der Waals surface area (Å²) in [5, 5.41) is 0.667. The van der Waals surface area contributed by atoms with E-state index in [-0.39, 0.29) is 11.8 Å². The number of carbonyl (C=O) groups is 1. The van der Waals surface area contributed by atoms with E-state index in [0.717, 1.165) is 47.7 Å². The van der Waals surface area contributed by atoms with Gasteiger partial charge >= 0.3 is 0 Å². The number of anilines is 1. The quantitative estimate of drug-likeness (QED) is 0.228. The Hall–Kier alpha value is -3.31. The normalized spacial score (nSPS) is 15.8. The van der Waals surface area contributed by atoms with Crippen molar-refractivity contribution in [1.29, 1.82) is 0 Å². The first-order valence-electron chi connectivity index (χ1n) is 12.7. The summed E-state index contributed by atoms with van der Waals surface area (Å²) in [6.07, 6.45) is 2.37. The number of benzene rings is 3. The van der Waals surface area contributed by atoms with Gasteiger partial charge in [-0.3, -0.25) is 4.79 Å². The van der Waals surface area contributed by atoms with Gasteiger partial charge in [0.15, 0.2) is 0 Å². The summed E-state index contributed by atoms with van der Waals surface area (Å²) in [4.78, 5) is 19.7. The molecule has 3 aromatic carbocycles. The van der Waals surface area contributed by atoms with E-state index in [4.69, 9.17) is 21.3 Å². The summed E-state index contributed by atoms with van der Waals surface area (Å²) < 4.78 is 8.28. The number of hydrogen-bond acceptors (Lipinski definition) is 3. The molecule has 0 saturated carbocycles. The lowest BCUT2D eigenvalue weighted by atomic mass is 10.0. The van der Waals surface area contributed by atoms with Crippen molar-refractivity contribution in [3.63, 3.8) is 0 Å². The number of halogens is 1. The number of unbranched alkanes of at least 4 members (excludes halogenated alkanes) is 1. The number of hydrogen-bond donors (Lipinski definition) is 0. The summed E-state index contributed by atoms with van der Waals surface area (Å²) >= 11 is 6.04. The largest absolute Gasteiger partial charge is 0.494 e. The van der Waals surface area contributed by atoms with Crippen LogP contribution in [0, 0.1) is 0 Å². The predicted molar refractivity (Wildman–Crippen MR) is 146 cm³/mol. The molecule has 1 atom stereocenters. The highest BCUT2D eigenvalue weighted by Gasteiger charge is 2.34. The number of amides is 1. The van der Waals surface area contributed by atoms with E-state index in [9.17, 15) is 4.79 Å². The number of fused-ring (bicyclic) bond motifs is 1. The van der Waals surface area contributed by atoms with Gasteiger partial charge in [0.1, 0.15) is 11.6 Å². The molecular weight excluding hydrogens is 470 g/mol. The molecule has 1 amide bonds. The molecule has 0 bridgehead atoms. The average molecular weight is 502 g/mol. The molecule has 5 rings (SSSR count). The van der Waals surface area contributed by atoms with Crippen LogP contribution in [0.25, 0.3) is 11.0 Å². The molecule has 1 aromatic heterocycles. The second-order valence-corrected chi connectivity index (χ2v) is 10.2. The summed E-state index contributed by atoms with van der Waals surface area (Å²) in [5.74, 6) is 2.60. The van der Waals surface area contributed by atoms with Crippen molar-refractivity contribution in [3.05, 3.63) is 89.2 Å². The molecule has 1 aliphatic rings. The molecule has 1 aliphatic heterocycles. The maximum Gasteiger partial charge on any atom is 0.227 e. The molecule has 1 unspecified atom stereocenters. The maximum atomic E-state index is 12.9. The van der Waals surface area contributed by atoms with Gasteiger partial charge in [-0.15, -0.1) is 0 Å². The number of imidazole rings is 1. The number of para-hydroxylation sites is 2. The average Bonchev–Trinajstić information content (AvgIpc) is 3.45. The van der Waals surface area contributed by atoms with Gasteiger partial charge < -0.3 is 14.2 Å². The van der Waals surface area contributed by atoms with Gasteiger partial charge in [0.25, 0.3) is 0 Å². The third-order valence-corrected chi connectivity index (χ3v) is 7.16. The molecule has 4 aromatic rings. The highest BCUT2D eigenvalue weighted by molar-refractivity contribution is 6.30. The van der Waals surface area contributed by atoms with Gasteiger partial charge in [0.2, 0.25) is 5.91 Å². The van der Waals surface area contributed by atoms with Crippen molar-refractivity contribution in [2.45, 2.75) is 51.5 Å². The smallest absolute Gasteiger partial charge is 0.227 e. The molecule has 1 fully saturated rings. The van der Waals surface area contributed by atoms with Crippen LogP contribution < -0.4 is 9.64 Å². The lowest BCUT2D eigenvalue weighted by molar-refractivity contribution is -0.117. The number of aryl methyl sites for hydroxylation is 1. The number of aromatic nitrogens is 2. The third kappa shape index (κ3) is 5.26. The maximum absolute atomic E-state index is 12.9. The number of ether oxygens (including phenoxy) is 1. The van der Waals surface area contributed by atoms with E-state index >= 15 is 0 Å². The van der Waals surface area contributed by atoms with Crippen LogP contribution in [0.4, 0.5) is 5.69 Å². The third-order valence-electron chi connectivity index (χ3n) is 6.90. The Bertz CT molecular complexity index is 1330. The van der Waals surface area contributed by atoms with E-state index in [1.54, 1.807) is 0 Å². The number of carbonyl (C=O) groups excluding carboxylic acids is 1. The predicted octanol–water partition coefficient (Wildman–Crippen LogP) is 7.19. The van der Waals surface area contributed by atoms with Crippen LogP contribution >= 0.6 is 11.6 Å². The molecule has 0 aliphatic carbocycles. The Balaban J connectivity index is 1.25. The Morgan fingerprint density at radius 2 is 1.75 bits per heavy atom. The van der Waals surface area contributed by atoms with E-state index in [1.807, 2.05) is 47.4 Å². The van der Waals surface area contributed by atoms with Crippen molar-refractivity contribution >= 4 is 34.2 Å². The Morgan fingerprint density at radius 1 is 1.00 bits per heavy atom. The first-order valence-corrected chi connectivity index (χ1v) is 13.1. The van der Waals surface area contributed by atoms with Crippen molar-refractivity contribution in [3.8, 4) is 5.75 Å². The van der Waals surface area contributed by atoms with Crippen LogP contribution in [-0.2, 0) is 11.3 Å². The van der Waals surface area contributed by atoms with Crippen molar-refractivity contribution in [2.75, 3.05) is 18.1 Å². The molecule has 2 heterocycles. The zero-order chi connectivity index (χ0) is 25.1. The SMILES string of the molecule is CC(C)c1ccc(OCCCCn2c(C3CC(=O)N(c4ccc(Cl)cc4)C3)nc3ccccc32)cc1. The van der Waals surface area contributed by atoms with E-state index < -0.39 is 0 Å². The standard InChI is InChI=1S/C30H32ClN3O2/c1-21(2)22-9-15-26(16-10-22)36-18-6-5-17-33-28-8-4-3-7-27(28)32-30(33)23-19-29(35)34(20-23)25-13-11-24(31)12-14-25/h3-4,7-16,21,23H,5-6,17-20H2,1-2H3. The monoisotopic (exact) mass is 501 g/mol. The van der Waals surface area contributed by atoms with Crippen LogP contribution in [0.1, 0.15) is 56.3 Å². The number of rotatable bonds is 9. The molecule has 0 N–H and O–H groups in total. The molecular formula is C30H32ClN3O2. The molecule has 186 valence electrons. The summed E-state index contributed by atoms with van der Waals surface area (Å²) in [6, 6.07) is 24.1. The molecule has 0 spiro atoms. The van der Waals surface area contributed by atoms with Crippen LogP contribution in [0.15, 0.2) is 72.8 Å². The molecule has 6 heteroatoms. The van der Waals surface area contributed by atoms with Crippen molar-refractivity contribution in [2.24, 2.45) is 0 Å². The Morgan fingerprint density at radius 3 is 2.50 bits per heavy atom. The Kier molecular flexibility index (Phi) is 7.28. The minimum atomic E-state index is 0.0521. The van der Waals surface area contributed by atoms with E-state index in [2.05, 4.69) is 48.7 Å². The van der Waals surface area contributed by atoms with Gasteiger partial charge in [0, 0.05) is 36.1 Å². The van der Waals surface area contributed by atoms with Gasteiger partial charge in [-0.1, -0.05) is 49.7 Å². The second kappa shape index (κ2) is 10.8. The first kappa shape index (κ1) is 24.4. The fourth-order valence-corrected chi connectivity index (χ4v) is 5.03. The van der Waals surface area contributed by atoms with Crippen molar-refractivity contribution < 1.29 is 9.53 Å². The van der Waals surface area contributed by atoms with Crippen LogP contribution in [0.2, 0.25) is 5.02 Å². The van der Waals surface area contributed by atoms with Gasteiger partial charge in [-0.2, -0.15) is 0 Å².